The third-order valence-electron chi connectivity index (χ3n) is 9.81. The van der Waals surface area contributed by atoms with Crippen molar-refractivity contribution >= 4 is 11.9 Å². The Bertz CT molecular complexity index is 1010. The van der Waals surface area contributed by atoms with E-state index >= 15 is 0 Å². The fourth-order valence-corrected chi connectivity index (χ4v) is 7.41. The molecule has 190 valence electrons. The minimum Gasteiger partial charge on any atom is -0.468 e. The average molecular weight is 481 g/mol. The van der Waals surface area contributed by atoms with Crippen molar-refractivity contribution in [1.82, 2.24) is 10.2 Å². The van der Waals surface area contributed by atoms with Crippen LogP contribution in [0.4, 0.5) is 0 Å². The molecule has 2 saturated carbocycles. The molecule has 3 fully saturated rings. The topological polar surface area (TPSA) is 67.9 Å². The lowest BCUT2D eigenvalue weighted by Crippen LogP contribution is -2.62. The van der Waals surface area contributed by atoms with Crippen LogP contribution in [-0.2, 0) is 19.1 Å². The van der Waals surface area contributed by atoms with E-state index < -0.39 is 17.4 Å². The Morgan fingerprint density at radius 3 is 2.40 bits per heavy atom. The number of rotatable bonds is 5. The highest BCUT2D eigenvalue weighted by Gasteiger charge is 2.69. The van der Waals surface area contributed by atoms with Crippen LogP contribution in [0.5, 0.6) is 0 Å². The molecule has 2 aliphatic carbocycles. The lowest BCUT2D eigenvalue weighted by Gasteiger charge is -2.52. The Hall–Kier alpha value is -2.36. The van der Waals surface area contributed by atoms with Crippen LogP contribution in [0.3, 0.4) is 0 Å². The van der Waals surface area contributed by atoms with Crippen molar-refractivity contribution < 1.29 is 19.1 Å². The van der Waals surface area contributed by atoms with Crippen molar-refractivity contribution in [2.45, 2.75) is 72.0 Å². The van der Waals surface area contributed by atoms with Gasteiger partial charge in [0.1, 0.15) is 0 Å². The number of carbonyl (C=O) groups is 2. The number of nitrogens with zero attached hydrogens (tertiary/aromatic N) is 1. The number of esters is 2. The monoisotopic (exact) mass is 480 g/mol. The second-order valence-electron chi connectivity index (χ2n) is 11.6. The summed E-state index contributed by atoms with van der Waals surface area (Å²) in [5.41, 5.74) is 0.190. The van der Waals surface area contributed by atoms with E-state index in [9.17, 15) is 9.59 Å². The first-order valence-corrected chi connectivity index (χ1v) is 12.7. The van der Waals surface area contributed by atoms with E-state index in [2.05, 4.69) is 61.9 Å². The quantitative estimate of drug-likeness (QED) is 0.388. The number of fused-ring (bicyclic) bond motifs is 5. The molecule has 1 unspecified atom stereocenters. The summed E-state index contributed by atoms with van der Waals surface area (Å²) in [7, 11) is 2.56. The summed E-state index contributed by atoms with van der Waals surface area (Å²) < 4.78 is 9.81. The number of benzene rings is 1. The molecule has 3 aliphatic rings. The van der Waals surface area contributed by atoms with Crippen LogP contribution in [0.1, 0.15) is 65.5 Å². The predicted octanol–water partition coefficient (Wildman–Crippen LogP) is 4.17. The van der Waals surface area contributed by atoms with Crippen LogP contribution in [-0.4, -0.2) is 49.8 Å². The van der Waals surface area contributed by atoms with Gasteiger partial charge in [-0.3, -0.25) is 14.5 Å². The van der Waals surface area contributed by atoms with Crippen LogP contribution in [0.25, 0.3) is 0 Å². The Labute approximate surface area is 210 Å². The normalized spacial score (nSPS) is 32.2. The molecule has 1 N–H and O–H groups in total. The van der Waals surface area contributed by atoms with Crippen molar-refractivity contribution in [2.24, 2.45) is 28.1 Å². The lowest BCUT2D eigenvalue weighted by molar-refractivity contribution is -0.167. The van der Waals surface area contributed by atoms with Crippen molar-refractivity contribution in [3.63, 3.8) is 0 Å². The van der Waals surface area contributed by atoms with E-state index in [0.717, 1.165) is 12.2 Å². The van der Waals surface area contributed by atoms with Gasteiger partial charge in [-0.2, -0.15) is 0 Å². The average Bonchev–Trinajstić information content (AvgIpc) is 3.19. The Balaban J connectivity index is 1.72. The highest BCUT2D eigenvalue weighted by Crippen LogP contribution is 2.70. The molecule has 4 rings (SSSR count). The number of nitrogens with one attached hydrogen (secondary N) is 1. The van der Waals surface area contributed by atoms with E-state index in [-0.39, 0.29) is 23.3 Å². The largest absolute Gasteiger partial charge is 0.468 e. The molecule has 6 atom stereocenters. The number of carbonyl (C=O) groups excluding carboxylic acids is 2. The van der Waals surface area contributed by atoms with Crippen LogP contribution >= 0.6 is 0 Å². The second-order valence-corrected chi connectivity index (χ2v) is 11.6. The lowest BCUT2D eigenvalue weighted by atomic mass is 9.64. The van der Waals surface area contributed by atoms with E-state index in [4.69, 9.17) is 9.47 Å². The molecule has 0 aromatic heterocycles. The molecular weight excluding hydrogens is 440 g/mol. The summed E-state index contributed by atoms with van der Waals surface area (Å²) in [6.45, 7) is 12.0. The smallest absolute Gasteiger partial charge is 0.323 e. The summed E-state index contributed by atoms with van der Waals surface area (Å²) in [4.78, 5) is 27.4. The Morgan fingerprint density at radius 2 is 1.80 bits per heavy atom. The zero-order valence-corrected chi connectivity index (χ0v) is 22.2. The van der Waals surface area contributed by atoms with Crippen LogP contribution in [0.2, 0.25) is 0 Å². The third kappa shape index (κ3) is 3.88. The van der Waals surface area contributed by atoms with Crippen molar-refractivity contribution in [3.8, 4) is 11.8 Å². The van der Waals surface area contributed by atoms with Gasteiger partial charge in [-0.05, 0) is 54.9 Å². The Morgan fingerprint density at radius 1 is 1.17 bits per heavy atom. The van der Waals surface area contributed by atoms with Gasteiger partial charge in [-0.25, -0.2) is 0 Å². The maximum absolute atomic E-state index is 12.4. The van der Waals surface area contributed by atoms with Crippen molar-refractivity contribution in [1.29, 1.82) is 0 Å². The van der Waals surface area contributed by atoms with Crippen LogP contribution < -0.4 is 5.32 Å². The molecule has 0 spiro atoms. The predicted molar refractivity (Wildman–Crippen MR) is 135 cm³/mol. The number of methoxy groups -OCH3 is 2. The van der Waals surface area contributed by atoms with Gasteiger partial charge in [-0.15, -0.1) is 0 Å². The summed E-state index contributed by atoms with van der Waals surface area (Å²) >= 11 is 0. The first-order valence-electron chi connectivity index (χ1n) is 12.7. The summed E-state index contributed by atoms with van der Waals surface area (Å²) in [5.74, 6) is 6.53. The van der Waals surface area contributed by atoms with Gasteiger partial charge in [0, 0.05) is 18.5 Å². The molecule has 1 aromatic carbocycles. The van der Waals surface area contributed by atoms with Gasteiger partial charge < -0.3 is 14.8 Å². The molecule has 1 saturated heterocycles. The zero-order valence-electron chi connectivity index (χ0n) is 22.2. The second kappa shape index (κ2) is 9.26. The highest BCUT2D eigenvalue weighted by atomic mass is 16.5. The van der Waals surface area contributed by atoms with E-state index in [0.29, 0.717) is 23.9 Å². The first-order chi connectivity index (χ1) is 16.5. The molecule has 0 radical (unpaired) electrons. The van der Waals surface area contributed by atoms with Crippen molar-refractivity contribution in [3.05, 3.63) is 35.9 Å². The fraction of sp³-hybridized carbons (Fsp3) is 0.655. The molecule has 1 heterocycles. The maximum Gasteiger partial charge on any atom is 0.323 e. The minimum absolute atomic E-state index is 0.0358. The molecular formula is C29H40N2O4. The standard InChI is InChI=1S/C29H40N2O4/c1-19-23-24(21-15-17-29(23,5)27(21,2)3)31(18-30-19)22(20-12-9-8-10-13-20)14-11-16-28(4,25(32)34-6)26(33)35-7/h8-10,12-13,19,21-24,30H,15-18H2,1-7H3/t19?,21-,22+,23-,24-,29+/m1/s1. The molecule has 1 aromatic rings. The minimum atomic E-state index is -1.46. The summed E-state index contributed by atoms with van der Waals surface area (Å²) in [6, 6.07) is 11.0. The molecule has 6 nitrogen and oxygen atoms in total. The fourth-order valence-electron chi connectivity index (χ4n) is 7.41. The summed E-state index contributed by atoms with van der Waals surface area (Å²) in [5, 5.41) is 3.77. The number of ether oxygens (including phenoxy) is 2. The molecule has 6 heteroatoms. The van der Waals surface area contributed by atoms with Crippen molar-refractivity contribution in [2.75, 3.05) is 20.9 Å². The first kappa shape index (κ1) is 25.7. The molecule has 0 amide bonds. The van der Waals surface area contributed by atoms with Gasteiger partial charge in [0.25, 0.3) is 0 Å². The van der Waals surface area contributed by atoms with E-state index in [1.54, 1.807) is 0 Å². The van der Waals surface area contributed by atoms with Crippen LogP contribution in [0.15, 0.2) is 30.3 Å². The maximum atomic E-state index is 12.4. The van der Waals surface area contributed by atoms with Gasteiger partial charge in [0.2, 0.25) is 0 Å². The molecule has 35 heavy (non-hydrogen) atoms. The number of hydrogen-bond donors (Lipinski definition) is 1. The summed E-state index contributed by atoms with van der Waals surface area (Å²) in [6.07, 6.45) is 2.55. The van der Waals surface area contributed by atoms with Gasteiger partial charge in [0.05, 0.1) is 26.9 Å². The Kier molecular flexibility index (Phi) is 6.81. The zero-order chi connectivity index (χ0) is 25.6. The third-order valence-corrected chi connectivity index (χ3v) is 9.81. The van der Waals surface area contributed by atoms with Gasteiger partial charge >= 0.3 is 11.9 Å². The van der Waals surface area contributed by atoms with E-state index in [1.807, 2.05) is 18.2 Å². The molecule has 1 aliphatic heterocycles. The van der Waals surface area contributed by atoms with Gasteiger partial charge in [-0.1, -0.05) is 62.9 Å². The van der Waals surface area contributed by atoms with E-state index in [1.165, 1.54) is 34.0 Å². The molecule has 2 bridgehead atoms. The SMILES string of the molecule is COC(=O)C(C)(CC#C[C@@H](c1ccccc1)N1CNC(C)[C@@H]2[C@H]1[C@H]1CC[C@]2(C)C1(C)C)C(=O)OC. The highest BCUT2D eigenvalue weighted by molar-refractivity contribution is 5.99. The van der Waals surface area contributed by atoms with Crippen LogP contribution in [0, 0.1) is 39.9 Å². The number of hydrogen-bond acceptors (Lipinski definition) is 6. The van der Waals surface area contributed by atoms with Gasteiger partial charge in [0.15, 0.2) is 5.41 Å².